The van der Waals surface area contributed by atoms with E-state index in [9.17, 15) is 130 Å². The Balaban J connectivity index is 0.000000595. The minimum Gasteiger partial charge on any atom is -0.790 e. The van der Waals surface area contributed by atoms with Crippen LogP contribution in [0.5, 0.6) is 0 Å². The first-order chi connectivity index (χ1) is 52.9. The van der Waals surface area contributed by atoms with E-state index in [1.54, 1.807) is 0 Å². The second-order valence-electron chi connectivity index (χ2n) is 26.2. The normalized spacial score (nSPS) is 21.7. The van der Waals surface area contributed by atoms with Crippen LogP contribution in [0, 0.1) is 10.8 Å². The number of rotatable bonds is 45. The lowest BCUT2D eigenvalue weighted by atomic mass is 9.87. The summed E-state index contributed by atoms with van der Waals surface area (Å²) in [6.07, 6.45) is -15.8. The fraction of sp³-hybridized carbons (Fsp3) is 0.630. The van der Waals surface area contributed by atoms with E-state index in [4.69, 9.17) is 31.2 Å². The summed E-state index contributed by atoms with van der Waals surface area (Å²) in [6.45, 7) is 2.18. The maximum absolute atomic E-state index is 12.5. The molecule has 0 aromatic carbocycles. The maximum atomic E-state index is 12.5. The molecule has 63 heteroatoms. The number of hydrogen-bond donors (Lipinski definition) is 13. The summed E-state index contributed by atoms with van der Waals surface area (Å²) in [5.41, 5.74) is 6.60. The van der Waals surface area contributed by atoms with Crippen LogP contribution < -0.4 is 71.9 Å². The number of phosphoric acid groups is 6. The highest BCUT2D eigenvalue weighted by Crippen LogP contribution is 2.58. The second kappa shape index (κ2) is 44.5. The molecule has 6 rings (SSSR count). The minimum atomic E-state index is -5.94. The first-order valence-electron chi connectivity index (χ1n) is 32.7. The van der Waals surface area contributed by atoms with Crippen LogP contribution in [0.1, 0.15) is 86.1 Å². The average Bonchev–Trinajstić information content (AvgIpc) is 1.62. The highest BCUT2D eigenvalue weighted by Gasteiger charge is 2.50. The monoisotopic (exact) mass is 1830 g/mol. The topological polar surface area (TPSA) is 908 Å². The van der Waals surface area contributed by atoms with Crippen molar-refractivity contribution in [2.45, 2.75) is 141 Å². The molecular formula is C54H82N14O41P6S2-8. The van der Waals surface area contributed by atoms with E-state index in [0.29, 0.717) is 5.57 Å². The van der Waals surface area contributed by atoms with Crippen LogP contribution in [0.2, 0.25) is 0 Å². The number of carboxylic acids is 2. The predicted octanol–water partition coefficient (Wildman–Crippen LogP) is -9.34. The Hall–Kier alpha value is -6.32. The number of fused-ring (bicyclic) bond motifs is 2. The Labute approximate surface area is 668 Å². The van der Waals surface area contributed by atoms with E-state index in [0.717, 1.165) is 71.8 Å². The van der Waals surface area contributed by atoms with Gasteiger partial charge in [-0.15, -0.1) is 0 Å². The van der Waals surface area contributed by atoms with Crippen molar-refractivity contribution >= 4 is 150 Å². The molecular weight excluding hydrogens is 1750 g/mol. The van der Waals surface area contributed by atoms with Gasteiger partial charge in [-0.2, -0.15) is 0 Å². The van der Waals surface area contributed by atoms with Gasteiger partial charge in [-0.3, -0.25) is 65.8 Å². The van der Waals surface area contributed by atoms with Gasteiger partial charge < -0.3 is 164 Å². The van der Waals surface area contributed by atoms with Crippen molar-refractivity contribution in [1.82, 2.24) is 60.3 Å². The first-order valence-corrected chi connectivity index (χ1v) is 43.5. The molecule has 117 heavy (non-hydrogen) atoms. The number of carbonyl (C=O) groups is 8. The smallest absolute Gasteiger partial charge is 0.307 e. The molecule has 15 atom stereocenters. The third-order valence-corrected chi connectivity index (χ3v) is 23.0. The standard InChI is InChI=1S/C27H44N7O20P3S.C27H42N7O19P3S.2H2O/c1-26(2,21(40)24(41)30-5-4-15(35)29-6-7-58-17(38)9-27(3,42)8-16(36)37)11-51-57(48,49)54-56(46,47)50-10-14-20(53-55(43,44)45)19(39)25(52-14)34-13-33-18-22(28)31-12-32-23(18)34;1-14(8-17(36)37)9-18(38)57-7-6-29-16(35)4-5-30-25(41)22(40)27(2,3)11-50-56(47,48)53-55(45,46)49-10-15-21(52-54(42,43)44)20(39)26(51-15)34-13-33-19-23(28)31-12-32-24(19)34;;/h12-14,19-21,25,39-40,42H,4-11H2,1-3H3,(H,29,35)(H,30,41)(H,36,37)(H,46,47)(H,48,49)(H2,28,31,32)(H2,43,44,45);9,12-13,15,20-22,26,39-40H,4-8,10-11H2,1-3H3,(H,29,35)(H,30,41)(H,36,37)(H,45,46)(H,47,48)(H2,28,31,32)(H2,42,43,44);2*1H2/p-8/b;14-9+;;. The predicted molar refractivity (Wildman–Crippen MR) is 377 cm³/mol. The quantitative estimate of drug-likeness (QED) is 0.0111. The highest BCUT2D eigenvalue weighted by molar-refractivity contribution is 8.14. The van der Waals surface area contributed by atoms with Crippen molar-refractivity contribution in [3.63, 3.8) is 0 Å². The zero-order valence-electron chi connectivity index (χ0n) is 61.7. The van der Waals surface area contributed by atoms with Gasteiger partial charge in [-0.25, -0.2) is 38.5 Å². The number of carboxylic acid groups (broad SMARTS) is 2. The Kier molecular flexibility index (Phi) is 39.9. The molecule has 0 radical (unpaired) electrons. The van der Waals surface area contributed by atoms with E-state index in [1.807, 2.05) is 0 Å². The van der Waals surface area contributed by atoms with E-state index >= 15 is 0 Å². The number of imidazole rings is 2. The molecule has 2 aliphatic rings. The molecule has 2 fully saturated rings. The van der Waals surface area contributed by atoms with Crippen molar-refractivity contribution in [2.75, 3.05) is 75.6 Å². The number of aliphatic carboxylic acids is 2. The van der Waals surface area contributed by atoms with E-state index < -0.39 is 210 Å². The Morgan fingerprint density at radius 2 is 0.949 bits per heavy atom. The van der Waals surface area contributed by atoms with E-state index in [1.165, 1.54) is 33.8 Å². The molecule has 4 aromatic heterocycles. The van der Waals surface area contributed by atoms with Gasteiger partial charge >= 0.3 is 11.9 Å². The number of aliphatic hydroxyl groups is 5. The van der Waals surface area contributed by atoms with Crippen molar-refractivity contribution in [3.05, 3.63) is 37.0 Å². The van der Waals surface area contributed by atoms with Gasteiger partial charge in [0.05, 0.1) is 73.2 Å². The number of aromatic nitrogens is 8. The molecule has 2 aliphatic heterocycles. The molecule has 0 saturated carbocycles. The fourth-order valence-corrected chi connectivity index (χ4v) is 16.8. The number of thioether (sulfide) groups is 2. The Morgan fingerprint density at radius 1 is 0.573 bits per heavy atom. The number of nitrogens with two attached hydrogens (primary N) is 2. The maximum Gasteiger partial charge on any atom is 0.307 e. The van der Waals surface area contributed by atoms with Crippen molar-refractivity contribution in [1.29, 1.82) is 0 Å². The number of anilines is 2. The molecule has 0 aliphatic carbocycles. The van der Waals surface area contributed by atoms with Crippen molar-refractivity contribution in [2.24, 2.45) is 10.8 Å². The van der Waals surface area contributed by atoms with Crippen molar-refractivity contribution in [3.8, 4) is 0 Å². The van der Waals surface area contributed by atoms with Crippen LogP contribution in [0.4, 0.5) is 11.6 Å². The van der Waals surface area contributed by atoms with Crippen LogP contribution >= 0.6 is 70.5 Å². The summed E-state index contributed by atoms with van der Waals surface area (Å²) in [4.78, 5) is 213. The molecule has 15 unspecified atom stereocenters. The molecule has 6 heterocycles. The second-order valence-corrected chi connectivity index (χ2v) is 36.5. The molecule has 0 spiro atoms. The number of nitrogens with one attached hydrogen (secondary N) is 4. The van der Waals surface area contributed by atoms with Gasteiger partial charge in [0.2, 0.25) is 28.7 Å². The summed E-state index contributed by atoms with van der Waals surface area (Å²) in [5, 5.41) is 78.6. The Bertz CT molecular complexity index is 4460. The van der Waals surface area contributed by atoms with Gasteiger partial charge in [0.1, 0.15) is 72.5 Å². The van der Waals surface area contributed by atoms with Gasteiger partial charge in [-0.05, 0) is 19.9 Å². The zero-order chi connectivity index (χ0) is 86.8. The number of ether oxygens (including phenoxy) is 2. The van der Waals surface area contributed by atoms with Crippen LogP contribution in [-0.4, -0.2) is 250 Å². The third-order valence-electron chi connectivity index (χ3n) is 15.3. The van der Waals surface area contributed by atoms with Gasteiger partial charge in [-0.1, -0.05) is 56.8 Å². The average molecular weight is 1830 g/mol. The summed E-state index contributed by atoms with van der Waals surface area (Å²) >= 11 is 1.60. The number of amides is 4. The third kappa shape index (κ3) is 34.6. The van der Waals surface area contributed by atoms with Crippen LogP contribution in [-0.2, 0) is 111 Å². The number of nitrogen functional groups attached to an aromatic ring is 2. The largest absolute Gasteiger partial charge is 0.790 e. The van der Waals surface area contributed by atoms with Gasteiger partial charge in [0, 0.05) is 67.8 Å². The fourth-order valence-electron chi connectivity index (χ4n) is 9.81. The first kappa shape index (κ1) is 105. The van der Waals surface area contributed by atoms with Crippen molar-refractivity contribution < 1.29 is 197 Å². The van der Waals surface area contributed by atoms with Crippen LogP contribution in [0.3, 0.4) is 0 Å². The molecule has 0 bridgehead atoms. The summed E-state index contributed by atoms with van der Waals surface area (Å²) in [7, 11) is -35.3. The summed E-state index contributed by atoms with van der Waals surface area (Å²) < 4.78 is 121. The van der Waals surface area contributed by atoms with E-state index in [-0.39, 0.29) is 102 Å². The van der Waals surface area contributed by atoms with Crippen LogP contribution in [0.15, 0.2) is 37.0 Å². The molecule has 664 valence electrons. The summed E-state index contributed by atoms with van der Waals surface area (Å²) in [6, 6.07) is 0. The van der Waals surface area contributed by atoms with E-state index in [2.05, 4.69) is 86.9 Å². The number of phosphoric ester groups is 6. The molecule has 55 nitrogen and oxygen atoms in total. The van der Waals surface area contributed by atoms with Gasteiger partial charge in [0.25, 0.3) is 31.3 Å². The lowest BCUT2D eigenvalue weighted by Gasteiger charge is -2.36. The number of aliphatic hydroxyl groups excluding tert-OH is 4. The molecule has 4 aromatic rings. The molecule has 19 N–H and O–H groups in total. The lowest BCUT2D eigenvalue weighted by Crippen LogP contribution is -2.46. The number of nitrogens with zero attached hydrogens (tertiary/aromatic N) is 8. The minimum absolute atomic E-state index is 0. The number of hydrogen-bond acceptors (Lipinski definition) is 47. The van der Waals surface area contributed by atoms with Gasteiger partial charge in [0.15, 0.2) is 40.5 Å². The lowest BCUT2D eigenvalue weighted by molar-refractivity contribution is -0.348. The molecule has 2 saturated heterocycles. The summed E-state index contributed by atoms with van der Waals surface area (Å²) in [5.74, 6) is -5.53. The molecule has 4 amide bonds. The SMILES string of the molecule is C/C(=C\C(=O)SCCNC(=O)CCNC(=O)C(O)C(C)(C)COP(=O)([O-])OP(=O)([O-])OCC1OC(n2cnc3c(N)ncnc32)C(O)C1OP(=O)([O-])[O-])CC(=O)O.CC(O)(CC(=O)O)CC(=O)SCCNC(=O)CCNC(=O)C(O)C(C)(C)COP(=O)([O-])OP(=O)([O-])OCC1OC(n2cnc3c(N)ncnc32)C(O)C1OP(=O)([O-])[O-].O.O. The number of carbonyl (C=O) groups excluding carboxylic acids is 6. The van der Waals surface area contributed by atoms with Crippen LogP contribution in [0.25, 0.3) is 22.3 Å². The Morgan fingerprint density at radius 3 is 1.32 bits per heavy atom. The highest BCUT2D eigenvalue weighted by atomic mass is 32.2. The zero-order valence-corrected chi connectivity index (χ0v) is 68.7.